The molecule has 2 saturated heterocycles. The van der Waals surface area contributed by atoms with Gasteiger partial charge >= 0.3 is 5.97 Å². The molecule has 3 rings (SSSR count). The summed E-state index contributed by atoms with van der Waals surface area (Å²) in [5.41, 5.74) is 9.34. The molecule has 1 aromatic heterocycles. The molecule has 2 fully saturated rings. The standard InChI is InChI=1S/C7H11N3OS.C6H10O3.CH7N3S/c1-7(3-2-4-11-7)5-9-10-6(8)12-5;1-6(5(7)8)3-2-4-9-6;2-1-5-4-3/h2-4H2,1H3,(H2,8,10);2-4H2,1H3,(H,7,8);4H,1-3H2. The predicted molar refractivity (Wildman–Crippen MR) is 102 cm³/mol. The molecule has 2 aliphatic heterocycles. The predicted octanol–water partition coefficient (Wildman–Crippen LogP) is 0.800. The second-order valence-electron chi connectivity index (χ2n) is 6.05. The quantitative estimate of drug-likeness (QED) is 0.206. The maximum atomic E-state index is 10.4. The Labute approximate surface area is 161 Å². The Hall–Kier alpha value is -1.02. The van der Waals surface area contributed by atoms with Crippen LogP contribution < -0.4 is 22.1 Å². The smallest absolute Gasteiger partial charge is 0.335 e. The zero-order valence-electron chi connectivity index (χ0n) is 15.1. The monoisotopic (exact) mass is 408 g/mol. The lowest BCUT2D eigenvalue weighted by Gasteiger charge is -2.18. The molecule has 3 heterocycles. The molecule has 0 spiro atoms. The van der Waals surface area contributed by atoms with Gasteiger partial charge in [0.2, 0.25) is 5.13 Å². The number of nitrogens with one attached hydrogen (secondary N) is 1. The highest BCUT2D eigenvalue weighted by atomic mass is 32.2. The lowest BCUT2D eigenvalue weighted by atomic mass is 10.0. The zero-order valence-corrected chi connectivity index (χ0v) is 16.7. The van der Waals surface area contributed by atoms with Gasteiger partial charge in [-0.1, -0.05) is 23.3 Å². The molecule has 12 heteroatoms. The topological polar surface area (TPSA) is 172 Å². The van der Waals surface area contributed by atoms with Gasteiger partial charge in [0.1, 0.15) is 5.60 Å². The number of aromatic nitrogens is 2. The Balaban J connectivity index is 0.000000214. The van der Waals surface area contributed by atoms with E-state index in [2.05, 4.69) is 15.0 Å². The molecule has 0 saturated carbocycles. The van der Waals surface area contributed by atoms with Crippen LogP contribution in [0.25, 0.3) is 0 Å². The molecule has 0 aliphatic carbocycles. The third-order valence-electron chi connectivity index (χ3n) is 3.95. The second-order valence-corrected chi connectivity index (χ2v) is 7.91. The lowest BCUT2D eigenvalue weighted by Crippen LogP contribution is -2.33. The van der Waals surface area contributed by atoms with Crippen LogP contribution in [0.2, 0.25) is 0 Å². The van der Waals surface area contributed by atoms with Crippen LogP contribution in [0.4, 0.5) is 5.13 Å². The van der Waals surface area contributed by atoms with Crippen molar-refractivity contribution >= 4 is 34.4 Å². The minimum atomic E-state index is -0.889. The van der Waals surface area contributed by atoms with Crippen molar-refractivity contribution in [1.29, 1.82) is 0 Å². The number of hydrogen-bond donors (Lipinski definition) is 5. The van der Waals surface area contributed by atoms with Crippen molar-refractivity contribution in [2.24, 2.45) is 11.6 Å². The molecular weight excluding hydrogens is 380 g/mol. The van der Waals surface area contributed by atoms with Crippen molar-refractivity contribution in [3.63, 3.8) is 0 Å². The van der Waals surface area contributed by atoms with E-state index in [0.717, 1.165) is 30.9 Å². The number of rotatable bonds is 4. The van der Waals surface area contributed by atoms with Gasteiger partial charge in [-0.3, -0.25) is 5.84 Å². The Morgan fingerprint density at radius 3 is 2.27 bits per heavy atom. The Morgan fingerprint density at radius 1 is 1.31 bits per heavy atom. The van der Waals surface area contributed by atoms with Gasteiger partial charge in [0.05, 0.1) is 5.88 Å². The molecule has 0 bridgehead atoms. The summed E-state index contributed by atoms with van der Waals surface area (Å²) in [5.74, 6) is 4.45. The fourth-order valence-corrected chi connectivity index (χ4v) is 3.23. The minimum Gasteiger partial charge on any atom is -0.479 e. The van der Waals surface area contributed by atoms with Crippen molar-refractivity contribution in [1.82, 2.24) is 15.0 Å². The van der Waals surface area contributed by atoms with E-state index >= 15 is 0 Å². The van der Waals surface area contributed by atoms with Crippen LogP contribution in [0.1, 0.15) is 44.5 Å². The highest BCUT2D eigenvalue weighted by molar-refractivity contribution is 7.97. The molecule has 2 unspecified atom stereocenters. The van der Waals surface area contributed by atoms with E-state index < -0.39 is 11.6 Å². The number of carbonyl (C=O) groups is 1. The zero-order chi connectivity index (χ0) is 19.6. The van der Waals surface area contributed by atoms with Crippen molar-refractivity contribution < 1.29 is 19.4 Å². The Bertz CT molecular complexity index is 545. The fraction of sp³-hybridized carbons (Fsp3) is 0.786. The van der Waals surface area contributed by atoms with E-state index in [1.54, 1.807) is 6.92 Å². The summed E-state index contributed by atoms with van der Waals surface area (Å²) in [4.78, 5) is 12.7. The van der Waals surface area contributed by atoms with Crippen LogP contribution >= 0.6 is 23.3 Å². The van der Waals surface area contributed by atoms with Crippen molar-refractivity contribution in [2.45, 2.75) is 50.7 Å². The highest BCUT2D eigenvalue weighted by Crippen LogP contribution is 2.37. The van der Waals surface area contributed by atoms with E-state index in [1.165, 1.54) is 23.3 Å². The van der Waals surface area contributed by atoms with Crippen LogP contribution in [0.15, 0.2) is 0 Å². The summed E-state index contributed by atoms with van der Waals surface area (Å²) in [5, 5.41) is 17.7. The molecule has 1 aromatic rings. The van der Waals surface area contributed by atoms with Crippen LogP contribution in [-0.2, 0) is 19.9 Å². The summed E-state index contributed by atoms with van der Waals surface area (Å²) >= 11 is 2.68. The van der Waals surface area contributed by atoms with Crippen LogP contribution in [0.5, 0.6) is 0 Å². The van der Waals surface area contributed by atoms with Gasteiger partial charge in [0.25, 0.3) is 0 Å². The molecule has 0 aromatic carbocycles. The summed E-state index contributed by atoms with van der Waals surface area (Å²) in [7, 11) is 0. The maximum absolute atomic E-state index is 10.4. The Morgan fingerprint density at radius 2 is 1.96 bits per heavy atom. The molecule has 150 valence electrons. The number of ether oxygens (including phenoxy) is 2. The number of carboxylic acids is 1. The van der Waals surface area contributed by atoms with E-state index in [-0.39, 0.29) is 5.60 Å². The van der Waals surface area contributed by atoms with Crippen LogP contribution in [-0.4, -0.2) is 46.0 Å². The molecule has 26 heavy (non-hydrogen) atoms. The summed E-state index contributed by atoms with van der Waals surface area (Å²) in [6.07, 6.45) is 3.61. The van der Waals surface area contributed by atoms with Crippen molar-refractivity contribution in [3.05, 3.63) is 5.01 Å². The Kier molecular flexibility index (Phi) is 9.71. The first kappa shape index (κ1) is 23.0. The van der Waals surface area contributed by atoms with Crippen molar-refractivity contribution in [3.8, 4) is 0 Å². The lowest BCUT2D eigenvalue weighted by molar-refractivity contribution is -0.157. The van der Waals surface area contributed by atoms with Crippen LogP contribution in [0.3, 0.4) is 0 Å². The van der Waals surface area contributed by atoms with E-state index in [0.29, 0.717) is 24.0 Å². The van der Waals surface area contributed by atoms with Gasteiger partial charge in [0, 0.05) is 13.2 Å². The van der Waals surface area contributed by atoms with Gasteiger partial charge in [0.15, 0.2) is 10.6 Å². The number of nitrogens with zero attached hydrogens (tertiary/aromatic N) is 2. The maximum Gasteiger partial charge on any atom is 0.335 e. The molecule has 0 radical (unpaired) electrons. The SMILES string of the molecule is CC1(C(=O)O)CCCO1.CC1(c2nnc(N)s2)CCCO1.NCSNN. The average Bonchev–Trinajstić information content (AvgIpc) is 3.32. The highest BCUT2D eigenvalue weighted by Gasteiger charge is 2.37. The molecule has 2 aliphatic rings. The normalized spacial score (nSPS) is 27.2. The second kappa shape index (κ2) is 11.0. The summed E-state index contributed by atoms with van der Waals surface area (Å²) < 4.78 is 10.6. The number of hydrazine groups is 1. The number of nitrogen functional groups attached to an aromatic ring is 1. The molecule has 2 atom stereocenters. The number of hydrogen-bond acceptors (Lipinski definition) is 11. The fourth-order valence-electron chi connectivity index (χ4n) is 2.39. The first-order valence-corrected chi connectivity index (χ1v) is 9.96. The van der Waals surface area contributed by atoms with Crippen LogP contribution in [0, 0.1) is 0 Å². The van der Waals surface area contributed by atoms with E-state index in [9.17, 15) is 4.79 Å². The molecule has 10 nitrogen and oxygen atoms in total. The van der Waals surface area contributed by atoms with E-state index in [1.807, 2.05) is 6.92 Å². The third kappa shape index (κ3) is 6.95. The van der Waals surface area contributed by atoms with Crippen molar-refractivity contribution in [2.75, 3.05) is 24.8 Å². The number of aliphatic carboxylic acids is 1. The van der Waals surface area contributed by atoms with E-state index in [4.69, 9.17) is 31.9 Å². The van der Waals surface area contributed by atoms with Gasteiger partial charge < -0.3 is 26.0 Å². The van der Waals surface area contributed by atoms with Gasteiger partial charge in [-0.05, 0) is 39.5 Å². The average molecular weight is 409 g/mol. The van der Waals surface area contributed by atoms with Gasteiger partial charge in [-0.2, -0.15) is 0 Å². The minimum absolute atomic E-state index is 0.227. The van der Waals surface area contributed by atoms with Gasteiger partial charge in [-0.25, -0.2) is 9.63 Å². The number of carboxylic acid groups (broad SMARTS) is 1. The number of nitrogens with two attached hydrogens (primary N) is 3. The molecular formula is C14H28N6O4S2. The first-order chi connectivity index (χ1) is 12.3. The third-order valence-corrected chi connectivity index (χ3v) is 5.28. The summed E-state index contributed by atoms with van der Waals surface area (Å²) in [6.45, 7) is 5.06. The molecule has 0 amide bonds. The first-order valence-electron chi connectivity index (χ1n) is 8.15. The number of anilines is 1. The largest absolute Gasteiger partial charge is 0.479 e. The molecule has 8 N–H and O–H groups in total. The van der Waals surface area contributed by atoms with Gasteiger partial charge in [-0.15, -0.1) is 10.2 Å². The summed E-state index contributed by atoms with van der Waals surface area (Å²) in [6, 6.07) is 0.